The monoisotopic (exact) mass is 422 g/mol. The van der Waals surface area contributed by atoms with Crippen molar-refractivity contribution in [3.8, 4) is 11.4 Å². The molecule has 0 aliphatic rings. The van der Waals surface area contributed by atoms with E-state index in [0.717, 1.165) is 28.7 Å². The predicted octanol–water partition coefficient (Wildman–Crippen LogP) is 5.27. The van der Waals surface area contributed by atoms with Gasteiger partial charge >= 0.3 is 0 Å². The Kier molecular flexibility index (Phi) is 6.98. The van der Waals surface area contributed by atoms with Gasteiger partial charge in [0.05, 0.1) is 5.25 Å². The molecule has 0 radical (unpaired) electrons. The number of amides is 1. The first-order valence-corrected chi connectivity index (χ1v) is 11.2. The standard InChI is InChI=1S/C24H30N4OS/c1-6-27-21(20-15-11-8-12-16-20)25-26-23(27)30-18(2)22(29)28(24(3,4)5)17-19-13-9-7-10-14-19/h7-16,18H,6,17H2,1-5H3/t18-/m1/s1. The zero-order valence-corrected chi connectivity index (χ0v) is 19.2. The average molecular weight is 423 g/mol. The molecule has 0 bridgehead atoms. The van der Waals surface area contributed by atoms with E-state index in [-0.39, 0.29) is 16.7 Å². The van der Waals surface area contributed by atoms with E-state index in [2.05, 4.69) is 54.6 Å². The number of carbonyl (C=O) groups is 1. The van der Waals surface area contributed by atoms with E-state index in [9.17, 15) is 4.79 Å². The Bertz CT molecular complexity index is 964. The first kappa shape index (κ1) is 22.1. The van der Waals surface area contributed by atoms with Gasteiger partial charge in [0.2, 0.25) is 5.91 Å². The van der Waals surface area contributed by atoms with E-state index < -0.39 is 0 Å². The van der Waals surface area contributed by atoms with Gasteiger partial charge in [-0.25, -0.2) is 0 Å². The Labute approximate surface area is 183 Å². The first-order chi connectivity index (χ1) is 14.3. The molecule has 0 saturated heterocycles. The van der Waals surface area contributed by atoms with Gasteiger partial charge in [-0.2, -0.15) is 0 Å². The summed E-state index contributed by atoms with van der Waals surface area (Å²) < 4.78 is 2.07. The lowest BCUT2D eigenvalue weighted by atomic mass is 10.0. The molecule has 1 aromatic heterocycles. The molecule has 0 aliphatic heterocycles. The Hall–Kier alpha value is -2.60. The lowest BCUT2D eigenvalue weighted by Crippen LogP contribution is -2.48. The number of thioether (sulfide) groups is 1. The van der Waals surface area contributed by atoms with Crippen LogP contribution in [0.4, 0.5) is 0 Å². The van der Waals surface area contributed by atoms with E-state index >= 15 is 0 Å². The molecule has 0 N–H and O–H groups in total. The summed E-state index contributed by atoms with van der Waals surface area (Å²) in [6, 6.07) is 20.2. The number of carbonyl (C=O) groups excluding carboxylic acids is 1. The third kappa shape index (κ3) is 5.11. The average Bonchev–Trinajstić information content (AvgIpc) is 3.14. The van der Waals surface area contributed by atoms with Crippen LogP contribution in [0.5, 0.6) is 0 Å². The molecule has 2 aromatic carbocycles. The van der Waals surface area contributed by atoms with Crippen LogP contribution >= 0.6 is 11.8 Å². The van der Waals surface area contributed by atoms with Crippen LogP contribution in [0, 0.1) is 0 Å². The van der Waals surface area contributed by atoms with E-state index in [1.165, 1.54) is 11.8 Å². The zero-order chi connectivity index (χ0) is 21.7. The van der Waals surface area contributed by atoms with Crippen molar-refractivity contribution in [2.24, 2.45) is 0 Å². The van der Waals surface area contributed by atoms with Crippen LogP contribution in [-0.4, -0.2) is 36.4 Å². The van der Waals surface area contributed by atoms with E-state index in [4.69, 9.17) is 0 Å². The van der Waals surface area contributed by atoms with E-state index in [1.807, 2.05) is 60.4 Å². The smallest absolute Gasteiger partial charge is 0.236 e. The first-order valence-electron chi connectivity index (χ1n) is 10.3. The molecule has 6 heteroatoms. The minimum Gasteiger partial charge on any atom is -0.333 e. The summed E-state index contributed by atoms with van der Waals surface area (Å²) >= 11 is 1.47. The van der Waals surface area contributed by atoms with Gasteiger partial charge < -0.3 is 9.47 Å². The summed E-state index contributed by atoms with van der Waals surface area (Å²) in [5.41, 5.74) is 1.87. The van der Waals surface area contributed by atoms with Crippen LogP contribution in [0.2, 0.25) is 0 Å². The summed E-state index contributed by atoms with van der Waals surface area (Å²) in [7, 11) is 0. The number of benzene rings is 2. The van der Waals surface area contributed by atoms with Crippen molar-refractivity contribution in [2.45, 2.75) is 63.7 Å². The minimum atomic E-state index is -0.282. The Balaban J connectivity index is 1.81. The van der Waals surface area contributed by atoms with Crippen molar-refractivity contribution < 1.29 is 4.79 Å². The molecular weight excluding hydrogens is 392 g/mol. The zero-order valence-electron chi connectivity index (χ0n) is 18.4. The summed E-state index contributed by atoms with van der Waals surface area (Å²) in [5.74, 6) is 0.931. The molecule has 0 saturated carbocycles. The van der Waals surface area contributed by atoms with Gasteiger partial charge in [0, 0.05) is 24.2 Å². The molecule has 0 aliphatic carbocycles. The fourth-order valence-electron chi connectivity index (χ4n) is 3.30. The lowest BCUT2D eigenvalue weighted by Gasteiger charge is -2.37. The van der Waals surface area contributed by atoms with Gasteiger partial charge in [0.15, 0.2) is 11.0 Å². The molecule has 0 unspecified atom stereocenters. The highest BCUT2D eigenvalue weighted by atomic mass is 32.2. The SMILES string of the molecule is CCn1c(S[C@H](C)C(=O)N(Cc2ccccc2)C(C)(C)C)nnc1-c1ccccc1. The van der Waals surface area contributed by atoms with Crippen molar-refractivity contribution in [3.63, 3.8) is 0 Å². The third-order valence-electron chi connectivity index (χ3n) is 4.95. The molecule has 1 heterocycles. The molecule has 1 atom stereocenters. The Morgan fingerprint density at radius 2 is 1.63 bits per heavy atom. The molecule has 3 aromatic rings. The van der Waals surface area contributed by atoms with Gasteiger partial charge in [-0.15, -0.1) is 10.2 Å². The molecular formula is C24H30N4OS. The van der Waals surface area contributed by atoms with Crippen LogP contribution in [-0.2, 0) is 17.9 Å². The van der Waals surface area contributed by atoms with Crippen LogP contribution in [0.15, 0.2) is 65.8 Å². The molecule has 30 heavy (non-hydrogen) atoms. The van der Waals surface area contributed by atoms with E-state index in [1.54, 1.807) is 0 Å². The maximum atomic E-state index is 13.4. The predicted molar refractivity (Wildman–Crippen MR) is 123 cm³/mol. The van der Waals surface area contributed by atoms with Crippen LogP contribution in [0.3, 0.4) is 0 Å². The van der Waals surface area contributed by atoms with Gasteiger partial charge in [-0.05, 0) is 40.2 Å². The second-order valence-corrected chi connectivity index (χ2v) is 9.57. The number of hydrogen-bond acceptors (Lipinski definition) is 4. The third-order valence-corrected chi connectivity index (χ3v) is 6.02. The van der Waals surface area contributed by atoms with Crippen LogP contribution in [0.1, 0.15) is 40.2 Å². The normalized spacial score (nSPS) is 12.6. The fourth-order valence-corrected chi connectivity index (χ4v) is 4.28. The summed E-state index contributed by atoms with van der Waals surface area (Å²) in [6.07, 6.45) is 0. The van der Waals surface area contributed by atoms with Crippen molar-refractivity contribution in [2.75, 3.05) is 0 Å². The largest absolute Gasteiger partial charge is 0.333 e. The number of rotatable bonds is 7. The fraction of sp³-hybridized carbons (Fsp3) is 0.375. The maximum absolute atomic E-state index is 13.4. The molecule has 5 nitrogen and oxygen atoms in total. The van der Waals surface area contributed by atoms with Gasteiger partial charge in [-0.1, -0.05) is 72.4 Å². The van der Waals surface area contributed by atoms with Crippen molar-refractivity contribution in [1.29, 1.82) is 0 Å². The molecule has 1 amide bonds. The van der Waals surface area contributed by atoms with Gasteiger partial charge in [0.25, 0.3) is 0 Å². The minimum absolute atomic E-state index is 0.100. The summed E-state index contributed by atoms with van der Waals surface area (Å²) in [6.45, 7) is 11.6. The van der Waals surface area contributed by atoms with Gasteiger partial charge in [-0.3, -0.25) is 4.79 Å². The number of aromatic nitrogens is 3. The van der Waals surface area contributed by atoms with E-state index in [0.29, 0.717) is 6.54 Å². The Morgan fingerprint density at radius 3 is 2.20 bits per heavy atom. The van der Waals surface area contributed by atoms with Crippen molar-refractivity contribution in [1.82, 2.24) is 19.7 Å². The number of hydrogen-bond donors (Lipinski definition) is 0. The molecule has 3 rings (SSSR count). The van der Waals surface area contributed by atoms with Crippen molar-refractivity contribution >= 4 is 17.7 Å². The van der Waals surface area contributed by atoms with Crippen LogP contribution < -0.4 is 0 Å². The quantitative estimate of drug-likeness (QED) is 0.487. The summed E-state index contributed by atoms with van der Waals surface area (Å²) in [4.78, 5) is 15.4. The highest BCUT2D eigenvalue weighted by Gasteiger charge is 2.31. The highest BCUT2D eigenvalue weighted by molar-refractivity contribution is 8.00. The maximum Gasteiger partial charge on any atom is 0.236 e. The van der Waals surface area contributed by atoms with Crippen LogP contribution in [0.25, 0.3) is 11.4 Å². The highest BCUT2D eigenvalue weighted by Crippen LogP contribution is 2.29. The molecule has 0 spiro atoms. The molecule has 158 valence electrons. The molecule has 0 fully saturated rings. The topological polar surface area (TPSA) is 51.0 Å². The second-order valence-electron chi connectivity index (χ2n) is 8.26. The Morgan fingerprint density at radius 1 is 1.03 bits per heavy atom. The number of nitrogens with zero attached hydrogens (tertiary/aromatic N) is 4. The second kappa shape index (κ2) is 9.47. The summed E-state index contributed by atoms with van der Waals surface area (Å²) in [5, 5.41) is 9.29. The van der Waals surface area contributed by atoms with Gasteiger partial charge in [0.1, 0.15) is 0 Å². The lowest BCUT2D eigenvalue weighted by molar-refractivity contribution is -0.135. The van der Waals surface area contributed by atoms with Crippen molar-refractivity contribution in [3.05, 3.63) is 66.2 Å².